The number of nitrogen functional groups attached to an aromatic ring is 1. The maximum atomic E-state index is 12.2. The second kappa shape index (κ2) is 5.51. The van der Waals surface area contributed by atoms with Crippen molar-refractivity contribution in [2.45, 2.75) is 6.92 Å². The summed E-state index contributed by atoms with van der Waals surface area (Å²) in [6, 6.07) is 10.2. The lowest BCUT2D eigenvalue weighted by atomic mass is 10.1. The molecule has 2 rings (SSSR count). The molecule has 0 aromatic heterocycles. The monoisotopic (exact) mass is 294 g/mol. The molecule has 1 amide bonds. The number of nitrogens with two attached hydrogens (primary N) is 1. The average Bonchev–Trinajstić information content (AvgIpc) is 2.38. The lowest BCUT2D eigenvalue weighted by molar-refractivity contribution is 0.102. The van der Waals surface area contributed by atoms with Crippen molar-refractivity contribution < 1.29 is 4.79 Å². The highest BCUT2D eigenvalue weighted by Gasteiger charge is 2.13. The number of rotatable bonds is 2. The lowest BCUT2D eigenvalue weighted by Crippen LogP contribution is -2.15. The molecule has 0 aliphatic heterocycles. The van der Waals surface area contributed by atoms with Crippen LogP contribution in [0.1, 0.15) is 15.9 Å². The van der Waals surface area contributed by atoms with Crippen molar-refractivity contribution in [2.24, 2.45) is 0 Å². The number of halogens is 2. The van der Waals surface area contributed by atoms with Gasteiger partial charge in [-0.3, -0.25) is 4.79 Å². The number of anilines is 2. The van der Waals surface area contributed by atoms with E-state index in [1.807, 2.05) is 6.92 Å². The van der Waals surface area contributed by atoms with E-state index < -0.39 is 0 Å². The Balaban J connectivity index is 2.31. The molecule has 0 heterocycles. The summed E-state index contributed by atoms with van der Waals surface area (Å²) in [5.41, 5.74) is 7.84. The van der Waals surface area contributed by atoms with Crippen LogP contribution in [-0.4, -0.2) is 5.91 Å². The first-order valence-corrected chi connectivity index (χ1v) is 6.36. The third-order valence-corrected chi connectivity index (χ3v) is 3.55. The van der Waals surface area contributed by atoms with Gasteiger partial charge in [-0.1, -0.05) is 35.3 Å². The molecule has 5 heteroatoms. The van der Waals surface area contributed by atoms with E-state index in [0.717, 1.165) is 5.56 Å². The number of para-hydroxylation sites is 1. The molecule has 0 unspecified atom stereocenters. The van der Waals surface area contributed by atoms with E-state index in [1.165, 1.54) is 0 Å². The number of benzene rings is 2. The summed E-state index contributed by atoms with van der Waals surface area (Å²) in [6.07, 6.45) is 0. The Morgan fingerprint density at radius 3 is 2.47 bits per heavy atom. The molecule has 2 aromatic rings. The van der Waals surface area contributed by atoms with Crippen LogP contribution < -0.4 is 11.1 Å². The van der Waals surface area contributed by atoms with Gasteiger partial charge in [0.25, 0.3) is 5.91 Å². The minimum atomic E-state index is -0.314. The maximum absolute atomic E-state index is 12.2. The Bertz CT molecular complexity index is 641. The third-order valence-electron chi connectivity index (χ3n) is 2.81. The fraction of sp³-hybridized carbons (Fsp3) is 0.0714. The summed E-state index contributed by atoms with van der Waals surface area (Å²) >= 11 is 11.9. The van der Waals surface area contributed by atoms with Crippen molar-refractivity contribution in [3.05, 3.63) is 57.6 Å². The van der Waals surface area contributed by atoms with Gasteiger partial charge < -0.3 is 11.1 Å². The van der Waals surface area contributed by atoms with Crippen molar-refractivity contribution in [3.8, 4) is 0 Å². The zero-order valence-corrected chi connectivity index (χ0v) is 11.7. The van der Waals surface area contributed by atoms with E-state index in [1.54, 1.807) is 36.4 Å². The first-order chi connectivity index (χ1) is 9.00. The Labute approximate surface area is 121 Å². The van der Waals surface area contributed by atoms with Crippen molar-refractivity contribution in [3.63, 3.8) is 0 Å². The van der Waals surface area contributed by atoms with Crippen molar-refractivity contribution in [1.29, 1.82) is 0 Å². The summed E-state index contributed by atoms with van der Waals surface area (Å²) in [7, 11) is 0. The van der Waals surface area contributed by atoms with E-state index >= 15 is 0 Å². The summed E-state index contributed by atoms with van der Waals surface area (Å²) in [4.78, 5) is 12.2. The molecule has 0 saturated carbocycles. The van der Waals surface area contributed by atoms with Crippen molar-refractivity contribution in [2.75, 3.05) is 11.1 Å². The van der Waals surface area contributed by atoms with Crippen LogP contribution in [0.3, 0.4) is 0 Å². The smallest absolute Gasteiger partial charge is 0.257 e. The number of amides is 1. The first-order valence-electron chi connectivity index (χ1n) is 5.61. The van der Waals surface area contributed by atoms with Gasteiger partial charge in [-0.15, -0.1) is 0 Å². The highest BCUT2D eigenvalue weighted by atomic mass is 35.5. The standard InChI is InChI=1S/C14H12Cl2N2O/c1-8-10(15)5-3-7-12(8)18-14(19)9-4-2-6-11(16)13(9)17/h2-7H,17H2,1H3,(H,18,19). The Morgan fingerprint density at radius 1 is 1.11 bits per heavy atom. The van der Waals surface area contributed by atoms with Gasteiger partial charge in [0.15, 0.2) is 0 Å². The highest BCUT2D eigenvalue weighted by molar-refractivity contribution is 6.34. The Morgan fingerprint density at radius 2 is 1.74 bits per heavy atom. The molecule has 98 valence electrons. The fourth-order valence-electron chi connectivity index (χ4n) is 1.67. The van der Waals surface area contributed by atoms with Gasteiger partial charge in [0.1, 0.15) is 0 Å². The quantitative estimate of drug-likeness (QED) is 0.818. The average molecular weight is 295 g/mol. The molecule has 3 nitrogen and oxygen atoms in total. The van der Waals surface area contributed by atoms with E-state index in [-0.39, 0.29) is 11.6 Å². The number of carbonyl (C=O) groups is 1. The van der Waals surface area contributed by atoms with Crippen molar-refractivity contribution in [1.82, 2.24) is 0 Å². The molecule has 0 aliphatic rings. The second-order valence-electron chi connectivity index (χ2n) is 4.07. The van der Waals surface area contributed by atoms with E-state index in [9.17, 15) is 4.79 Å². The van der Waals surface area contributed by atoms with Crippen LogP contribution in [-0.2, 0) is 0 Å². The predicted molar refractivity (Wildman–Crippen MR) is 80.0 cm³/mol. The Hall–Kier alpha value is -1.71. The SMILES string of the molecule is Cc1c(Cl)cccc1NC(=O)c1cccc(Cl)c1N. The zero-order valence-electron chi connectivity index (χ0n) is 10.2. The number of nitrogens with one attached hydrogen (secondary N) is 1. The van der Waals surface area contributed by atoms with E-state index in [2.05, 4.69) is 5.32 Å². The molecule has 0 spiro atoms. The minimum Gasteiger partial charge on any atom is -0.397 e. The molecule has 0 fully saturated rings. The molecule has 0 radical (unpaired) electrons. The van der Waals surface area contributed by atoms with Crippen LogP contribution in [0.4, 0.5) is 11.4 Å². The predicted octanol–water partition coefficient (Wildman–Crippen LogP) is 4.14. The van der Waals surface area contributed by atoms with E-state index in [4.69, 9.17) is 28.9 Å². The summed E-state index contributed by atoms with van der Waals surface area (Å²) in [5.74, 6) is -0.314. The normalized spacial score (nSPS) is 10.3. The van der Waals surface area contributed by atoms with Crippen LogP contribution in [0.5, 0.6) is 0 Å². The fourth-order valence-corrected chi connectivity index (χ4v) is 2.02. The highest BCUT2D eigenvalue weighted by Crippen LogP contribution is 2.26. The Kier molecular flexibility index (Phi) is 3.98. The zero-order chi connectivity index (χ0) is 14.0. The topological polar surface area (TPSA) is 55.1 Å². The number of hydrogen-bond acceptors (Lipinski definition) is 2. The van der Waals surface area contributed by atoms with Gasteiger partial charge in [-0.05, 0) is 36.8 Å². The maximum Gasteiger partial charge on any atom is 0.257 e. The van der Waals surface area contributed by atoms with Gasteiger partial charge in [0, 0.05) is 10.7 Å². The van der Waals surface area contributed by atoms with Gasteiger partial charge in [-0.25, -0.2) is 0 Å². The van der Waals surface area contributed by atoms with Crippen LogP contribution in [0.25, 0.3) is 0 Å². The van der Waals surface area contributed by atoms with Crippen LogP contribution in [0, 0.1) is 6.92 Å². The summed E-state index contributed by atoms with van der Waals surface area (Å²) < 4.78 is 0. The van der Waals surface area contributed by atoms with Crippen LogP contribution >= 0.6 is 23.2 Å². The molecule has 0 atom stereocenters. The summed E-state index contributed by atoms with van der Waals surface area (Å²) in [6.45, 7) is 1.83. The van der Waals surface area contributed by atoms with E-state index in [0.29, 0.717) is 21.3 Å². The number of hydrogen-bond donors (Lipinski definition) is 2. The third kappa shape index (κ3) is 2.83. The van der Waals surface area contributed by atoms with Gasteiger partial charge >= 0.3 is 0 Å². The van der Waals surface area contributed by atoms with Crippen LogP contribution in [0.15, 0.2) is 36.4 Å². The molecule has 0 bridgehead atoms. The largest absolute Gasteiger partial charge is 0.397 e. The lowest BCUT2D eigenvalue weighted by Gasteiger charge is -2.11. The van der Waals surface area contributed by atoms with Gasteiger partial charge in [0.2, 0.25) is 0 Å². The minimum absolute atomic E-state index is 0.265. The molecule has 0 saturated heterocycles. The first kappa shape index (κ1) is 13.7. The molecule has 2 aromatic carbocycles. The summed E-state index contributed by atoms with van der Waals surface area (Å²) in [5, 5.41) is 3.72. The molecule has 0 aliphatic carbocycles. The molecule has 3 N–H and O–H groups in total. The van der Waals surface area contributed by atoms with Crippen LogP contribution in [0.2, 0.25) is 10.0 Å². The second-order valence-corrected chi connectivity index (χ2v) is 4.88. The van der Waals surface area contributed by atoms with Gasteiger partial charge in [0.05, 0.1) is 16.3 Å². The van der Waals surface area contributed by atoms with Crippen molar-refractivity contribution >= 4 is 40.5 Å². The molecular formula is C14H12Cl2N2O. The molecular weight excluding hydrogens is 283 g/mol. The van der Waals surface area contributed by atoms with Gasteiger partial charge in [-0.2, -0.15) is 0 Å². The number of carbonyl (C=O) groups excluding carboxylic acids is 1. The molecule has 19 heavy (non-hydrogen) atoms.